The van der Waals surface area contributed by atoms with Gasteiger partial charge in [0.2, 0.25) is 5.91 Å². The first-order chi connectivity index (χ1) is 13.3. The number of amides is 1. The zero-order valence-electron chi connectivity index (χ0n) is 14.5. The third kappa shape index (κ3) is 4.88. The van der Waals surface area contributed by atoms with E-state index in [9.17, 15) is 14.4 Å². The molecule has 0 aliphatic carbocycles. The van der Waals surface area contributed by atoms with Gasteiger partial charge in [0.15, 0.2) is 0 Å². The van der Waals surface area contributed by atoms with E-state index in [-0.39, 0.29) is 18.4 Å². The number of carbonyl (C=O) groups is 2. The number of aromatic nitrogens is 2. The number of nitrogens with one attached hydrogen (secondary N) is 2. The molecule has 1 aromatic heterocycles. The monoisotopic (exact) mass is 419 g/mol. The number of rotatable bonds is 6. The maximum Gasteiger partial charge on any atom is 0.303 e. The number of halogens is 2. The number of hydrogen-bond acceptors (Lipinski definition) is 4. The van der Waals surface area contributed by atoms with Gasteiger partial charge in [-0.2, -0.15) is 0 Å². The highest BCUT2D eigenvalue weighted by Gasteiger charge is 2.10. The molecule has 0 unspecified atom stereocenters. The Kier molecular flexibility index (Phi) is 5.96. The van der Waals surface area contributed by atoms with Crippen molar-refractivity contribution in [1.82, 2.24) is 9.97 Å². The van der Waals surface area contributed by atoms with Gasteiger partial charge < -0.3 is 15.4 Å². The van der Waals surface area contributed by atoms with E-state index in [1.165, 1.54) is 6.07 Å². The van der Waals surface area contributed by atoms with Gasteiger partial charge in [-0.05, 0) is 35.9 Å². The molecule has 0 bridgehead atoms. The molecule has 0 radical (unpaired) electrons. The normalized spacial score (nSPS) is 10.8. The summed E-state index contributed by atoms with van der Waals surface area (Å²) in [5, 5.41) is 12.4. The van der Waals surface area contributed by atoms with Crippen LogP contribution >= 0.6 is 23.2 Å². The topological polar surface area (TPSA) is 112 Å². The highest BCUT2D eigenvalue weighted by molar-refractivity contribution is 6.42. The lowest BCUT2D eigenvalue weighted by Gasteiger charge is -2.07. The number of carbonyl (C=O) groups excluding carboxylic acids is 1. The molecule has 0 saturated carbocycles. The van der Waals surface area contributed by atoms with Gasteiger partial charge in [-0.1, -0.05) is 29.3 Å². The number of aliphatic carboxylic acids is 1. The lowest BCUT2D eigenvalue weighted by Crippen LogP contribution is -2.15. The first-order valence-electron chi connectivity index (χ1n) is 8.30. The molecule has 3 rings (SSSR count). The molecule has 1 amide bonds. The molecule has 7 nitrogen and oxygen atoms in total. The van der Waals surface area contributed by atoms with Crippen molar-refractivity contribution in [2.75, 3.05) is 5.32 Å². The van der Waals surface area contributed by atoms with Gasteiger partial charge in [-0.3, -0.25) is 14.4 Å². The molecular formula is C19H15Cl2N3O4. The van der Waals surface area contributed by atoms with E-state index in [1.54, 1.807) is 30.3 Å². The fourth-order valence-electron chi connectivity index (χ4n) is 2.64. The second kappa shape index (κ2) is 8.41. The molecule has 0 fully saturated rings. The smallest absolute Gasteiger partial charge is 0.303 e. The minimum absolute atomic E-state index is 0.148. The number of H-pyrrole nitrogens is 1. The Hall–Kier alpha value is -2.90. The minimum Gasteiger partial charge on any atom is -0.481 e. The van der Waals surface area contributed by atoms with Crippen LogP contribution in [-0.4, -0.2) is 27.0 Å². The molecule has 0 spiro atoms. The summed E-state index contributed by atoms with van der Waals surface area (Å²) in [6.07, 6.45) is -0.0417. The first kappa shape index (κ1) is 19.9. The average Bonchev–Trinajstić information content (AvgIpc) is 2.64. The molecule has 3 aromatic rings. The van der Waals surface area contributed by atoms with Crippen molar-refractivity contribution in [1.29, 1.82) is 0 Å². The molecule has 0 atom stereocenters. The Morgan fingerprint density at radius 1 is 1.07 bits per heavy atom. The summed E-state index contributed by atoms with van der Waals surface area (Å²) in [6, 6.07) is 9.92. The fourth-order valence-corrected chi connectivity index (χ4v) is 2.96. The summed E-state index contributed by atoms with van der Waals surface area (Å²) >= 11 is 11.9. The van der Waals surface area contributed by atoms with Crippen LogP contribution in [0.5, 0.6) is 0 Å². The van der Waals surface area contributed by atoms with Crippen LogP contribution in [0.3, 0.4) is 0 Å². The number of aromatic amines is 1. The predicted octanol–water partition coefficient (Wildman–Crippen LogP) is 3.62. The highest BCUT2D eigenvalue weighted by atomic mass is 35.5. The van der Waals surface area contributed by atoms with Crippen molar-refractivity contribution < 1.29 is 14.7 Å². The van der Waals surface area contributed by atoms with Gasteiger partial charge in [0, 0.05) is 18.5 Å². The molecule has 0 saturated heterocycles. The third-order valence-electron chi connectivity index (χ3n) is 3.96. The van der Waals surface area contributed by atoms with Crippen molar-refractivity contribution in [3.63, 3.8) is 0 Å². The van der Waals surface area contributed by atoms with E-state index in [4.69, 9.17) is 28.3 Å². The second-order valence-electron chi connectivity index (χ2n) is 6.11. The average molecular weight is 420 g/mol. The van der Waals surface area contributed by atoms with E-state index in [1.807, 2.05) is 0 Å². The highest BCUT2D eigenvalue weighted by Crippen LogP contribution is 2.23. The predicted molar refractivity (Wildman–Crippen MR) is 107 cm³/mol. The number of nitrogens with zero attached hydrogens (tertiary/aromatic N) is 1. The SMILES string of the molecule is O=C(O)CCC(=O)Nc1ccc2nc(Cc3ccc(Cl)c(Cl)c3)[nH]c(=O)c2c1. The fraction of sp³-hybridized carbons (Fsp3) is 0.158. The third-order valence-corrected chi connectivity index (χ3v) is 4.70. The summed E-state index contributed by atoms with van der Waals surface area (Å²) < 4.78 is 0. The summed E-state index contributed by atoms with van der Waals surface area (Å²) in [7, 11) is 0. The number of hydrogen-bond donors (Lipinski definition) is 3. The molecule has 0 aliphatic heterocycles. The van der Waals surface area contributed by atoms with Crippen molar-refractivity contribution in [2.45, 2.75) is 19.3 Å². The van der Waals surface area contributed by atoms with E-state index in [0.717, 1.165) is 5.56 Å². The van der Waals surface area contributed by atoms with Crippen LogP contribution in [0.25, 0.3) is 10.9 Å². The van der Waals surface area contributed by atoms with Crippen molar-refractivity contribution in [2.24, 2.45) is 0 Å². The van der Waals surface area contributed by atoms with Crippen LogP contribution in [0.4, 0.5) is 5.69 Å². The number of benzene rings is 2. The van der Waals surface area contributed by atoms with Crippen LogP contribution in [0, 0.1) is 0 Å². The summed E-state index contributed by atoms with van der Waals surface area (Å²) in [5.74, 6) is -1.03. The molecule has 28 heavy (non-hydrogen) atoms. The molecule has 3 N–H and O–H groups in total. The maximum absolute atomic E-state index is 12.4. The Labute approximate surface area is 169 Å². The number of anilines is 1. The molecule has 1 heterocycles. The second-order valence-corrected chi connectivity index (χ2v) is 6.93. The van der Waals surface area contributed by atoms with Crippen molar-refractivity contribution in [3.8, 4) is 0 Å². The Bertz CT molecular complexity index is 1130. The van der Waals surface area contributed by atoms with E-state index >= 15 is 0 Å². The van der Waals surface area contributed by atoms with E-state index in [2.05, 4.69) is 15.3 Å². The number of carboxylic acids is 1. The maximum atomic E-state index is 12.4. The van der Waals surface area contributed by atoms with Gasteiger partial charge >= 0.3 is 5.97 Å². The quantitative estimate of drug-likeness (QED) is 0.564. The summed E-state index contributed by atoms with van der Waals surface area (Å²) in [4.78, 5) is 41.9. The largest absolute Gasteiger partial charge is 0.481 e. The van der Waals surface area contributed by atoms with Gasteiger partial charge in [0.05, 0.1) is 27.4 Å². The minimum atomic E-state index is -1.05. The molecule has 2 aromatic carbocycles. The van der Waals surface area contributed by atoms with Gasteiger partial charge in [-0.15, -0.1) is 0 Å². The Morgan fingerprint density at radius 3 is 2.57 bits per heavy atom. The zero-order chi connectivity index (χ0) is 20.3. The summed E-state index contributed by atoms with van der Waals surface area (Å²) in [6.45, 7) is 0. The van der Waals surface area contributed by atoms with Crippen LogP contribution < -0.4 is 10.9 Å². The van der Waals surface area contributed by atoms with Crippen molar-refractivity contribution >= 4 is 51.7 Å². The molecule has 9 heteroatoms. The van der Waals surface area contributed by atoms with Crippen LogP contribution in [-0.2, 0) is 16.0 Å². The van der Waals surface area contributed by atoms with E-state index in [0.29, 0.717) is 38.9 Å². The lowest BCUT2D eigenvalue weighted by molar-refractivity contribution is -0.138. The molecule has 144 valence electrons. The molecular weight excluding hydrogens is 405 g/mol. The Morgan fingerprint density at radius 2 is 1.86 bits per heavy atom. The van der Waals surface area contributed by atoms with Crippen LogP contribution in [0.1, 0.15) is 24.2 Å². The van der Waals surface area contributed by atoms with Crippen LogP contribution in [0.2, 0.25) is 10.0 Å². The summed E-state index contributed by atoms with van der Waals surface area (Å²) in [5.41, 5.74) is 1.37. The van der Waals surface area contributed by atoms with Gasteiger partial charge in [0.25, 0.3) is 5.56 Å². The van der Waals surface area contributed by atoms with E-state index < -0.39 is 11.9 Å². The van der Waals surface area contributed by atoms with Crippen molar-refractivity contribution in [3.05, 3.63) is 68.2 Å². The van der Waals surface area contributed by atoms with Crippen LogP contribution in [0.15, 0.2) is 41.2 Å². The van der Waals surface area contributed by atoms with Gasteiger partial charge in [0.1, 0.15) is 5.82 Å². The lowest BCUT2D eigenvalue weighted by atomic mass is 10.1. The zero-order valence-corrected chi connectivity index (χ0v) is 16.0. The standard InChI is InChI=1S/C19H15Cl2N3O4/c20-13-3-1-10(7-14(13)21)8-16-23-15-4-2-11(9-12(15)19(28)24-16)22-17(25)5-6-18(26)27/h1-4,7,9H,5-6,8H2,(H,22,25)(H,26,27)(H,23,24,28). The molecule has 0 aliphatic rings. The van der Waals surface area contributed by atoms with Gasteiger partial charge in [-0.25, -0.2) is 4.98 Å². The number of carboxylic acid groups (broad SMARTS) is 1. The number of fused-ring (bicyclic) bond motifs is 1. The Balaban J connectivity index is 1.82. The first-order valence-corrected chi connectivity index (χ1v) is 9.06.